The van der Waals surface area contributed by atoms with E-state index in [1.54, 1.807) is 4.57 Å². The van der Waals surface area contributed by atoms with Crippen molar-refractivity contribution in [3.63, 3.8) is 0 Å². The van der Waals surface area contributed by atoms with Crippen molar-refractivity contribution in [3.05, 3.63) is 69.8 Å². The Morgan fingerprint density at radius 1 is 1.07 bits per heavy atom. The van der Waals surface area contributed by atoms with Gasteiger partial charge in [0, 0.05) is 6.54 Å². The summed E-state index contributed by atoms with van der Waals surface area (Å²) in [4.78, 5) is 12.7. The van der Waals surface area contributed by atoms with Crippen molar-refractivity contribution in [2.75, 3.05) is 0 Å². The molecule has 0 N–H and O–H groups in total. The van der Waals surface area contributed by atoms with Gasteiger partial charge in [-0.25, -0.2) is 0 Å². The Morgan fingerprint density at radius 3 is 2.81 bits per heavy atom. The van der Waals surface area contributed by atoms with E-state index in [1.165, 1.54) is 17.5 Å². The highest BCUT2D eigenvalue weighted by Gasteiger charge is 2.16. The summed E-state index contributed by atoms with van der Waals surface area (Å²) in [7, 11) is 0. The lowest BCUT2D eigenvalue weighted by Gasteiger charge is -2.10. The predicted molar refractivity (Wildman–Crippen MR) is 103 cm³/mol. The van der Waals surface area contributed by atoms with E-state index in [9.17, 15) is 4.79 Å². The molecule has 6 heteroatoms. The first-order valence-electron chi connectivity index (χ1n) is 9.36. The molecule has 27 heavy (non-hydrogen) atoms. The molecule has 2 heterocycles. The fraction of sp³-hybridized carbons (Fsp3) is 0.286. The maximum Gasteiger partial charge on any atom is 0.262 e. The van der Waals surface area contributed by atoms with E-state index >= 15 is 0 Å². The molecule has 2 aromatic carbocycles. The van der Waals surface area contributed by atoms with Gasteiger partial charge in [-0.05, 0) is 61.6 Å². The number of hydrogen-bond acceptors (Lipinski definition) is 4. The van der Waals surface area contributed by atoms with Gasteiger partial charge in [0.05, 0.1) is 10.9 Å². The summed E-state index contributed by atoms with van der Waals surface area (Å²) in [6.45, 7) is 2.77. The van der Waals surface area contributed by atoms with Crippen LogP contribution < -0.4 is 10.3 Å². The molecule has 0 unspecified atom stereocenters. The maximum absolute atomic E-state index is 12.7. The third-order valence-corrected chi connectivity index (χ3v) is 5.33. The summed E-state index contributed by atoms with van der Waals surface area (Å²) in [6.07, 6.45) is 3.49. The Bertz CT molecular complexity index is 1220. The van der Waals surface area contributed by atoms with Crippen molar-refractivity contribution < 1.29 is 4.74 Å². The molecule has 2 aromatic heterocycles. The molecular weight excluding hydrogens is 340 g/mol. The van der Waals surface area contributed by atoms with E-state index in [0.717, 1.165) is 24.1 Å². The molecular formula is C21H20N4O2. The second-order valence-electron chi connectivity index (χ2n) is 6.89. The lowest BCUT2D eigenvalue weighted by molar-refractivity contribution is 0.294. The van der Waals surface area contributed by atoms with Crippen molar-refractivity contribution >= 4 is 16.7 Å². The summed E-state index contributed by atoms with van der Waals surface area (Å²) < 4.78 is 9.60. The highest BCUT2D eigenvalue weighted by atomic mass is 16.5. The summed E-state index contributed by atoms with van der Waals surface area (Å²) in [5, 5.41) is 9.24. The number of hydrogen-bond donors (Lipinski definition) is 0. The fourth-order valence-electron chi connectivity index (χ4n) is 3.98. The molecule has 0 amide bonds. The standard InChI is InChI=1S/C21H20N4O2/c1-2-24-20(26)17-8-3-4-9-18(17)25-19(22-23-21(24)25)13-27-16-11-10-14-6-5-7-15(14)12-16/h3-4,8-12H,2,5-7,13H2,1H3. The summed E-state index contributed by atoms with van der Waals surface area (Å²) in [5.74, 6) is 2.08. The second kappa shape index (κ2) is 6.23. The molecule has 0 aliphatic heterocycles. The van der Waals surface area contributed by atoms with Crippen molar-refractivity contribution in [3.8, 4) is 5.75 Å². The Morgan fingerprint density at radius 2 is 1.93 bits per heavy atom. The molecule has 0 radical (unpaired) electrons. The summed E-state index contributed by atoms with van der Waals surface area (Å²) >= 11 is 0. The van der Waals surface area contributed by atoms with Crippen LogP contribution in [0, 0.1) is 0 Å². The number of para-hydroxylation sites is 1. The van der Waals surface area contributed by atoms with Crippen LogP contribution in [-0.4, -0.2) is 19.2 Å². The largest absolute Gasteiger partial charge is 0.486 e. The predicted octanol–water partition coefficient (Wildman–Crippen LogP) is 3.13. The van der Waals surface area contributed by atoms with Crippen LogP contribution in [0.15, 0.2) is 47.3 Å². The monoisotopic (exact) mass is 360 g/mol. The summed E-state index contributed by atoms with van der Waals surface area (Å²) in [6, 6.07) is 13.9. The molecule has 0 atom stereocenters. The van der Waals surface area contributed by atoms with Gasteiger partial charge in [-0.3, -0.25) is 13.8 Å². The first-order chi connectivity index (χ1) is 13.3. The average Bonchev–Trinajstić information content (AvgIpc) is 3.33. The SMILES string of the molecule is CCn1c(=O)c2ccccc2n2c(COc3ccc4c(c3)CCC4)nnc12. The minimum Gasteiger partial charge on any atom is -0.486 e. The van der Waals surface area contributed by atoms with Crippen LogP contribution in [0.2, 0.25) is 0 Å². The van der Waals surface area contributed by atoms with Crippen molar-refractivity contribution in [1.29, 1.82) is 0 Å². The zero-order valence-corrected chi connectivity index (χ0v) is 15.2. The number of nitrogens with zero attached hydrogens (tertiary/aromatic N) is 4. The average molecular weight is 360 g/mol. The highest BCUT2D eigenvalue weighted by Crippen LogP contribution is 2.26. The zero-order chi connectivity index (χ0) is 18.4. The van der Waals surface area contributed by atoms with Gasteiger partial charge in [0.1, 0.15) is 12.4 Å². The Kier molecular flexibility index (Phi) is 3.70. The van der Waals surface area contributed by atoms with E-state index in [2.05, 4.69) is 22.3 Å². The molecule has 136 valence electrons. The van der Waals surface area contributed by atoms with Crippen LogP contribution >= 0.6 is 0 Å². The molecule has 0 saturated heterocycles. The van der Waals surface area contributed by atoms with E-state index in [-0.39, 0.29) is 5.56 Å². The van der Waals surface area contributed by atoms with E-state index < -0.39 is 0 Å². The lowest BCUT2D eigenvalue weighted by atomic mass is 10.1. The third-order valence-electron chi connectivity index (χ3n) is 5.33. The quantitative estimate of drug-likeness (QED) is 0.561. The Hall–Kier alpha value is -3.15. The first-order valence-corrected chi connectivity index (χ1v) is 9.36. The van der Waals surface area contributed by atoms with Gasteiger partial charge < -0.3 is 4.74 Å². The van der Waals surface area contributed by atoms with E-state index in [0.29, 0.717) is 30.1 Å². The molecule has 5 rings (SSSR count). The fourth-order valence-corrected chi connectivity index (χ4v) is 3.98. The van der Waals surface area contributed by atoms with Crippen LogP contribution in [0.5, 0.6) is 5.75 Å². The molecule has 0 spiro atoms. The number of aryl methyl sites for hydroxylation is 3. The van der Waals surface area contributed by atoms with E-state index in [4.69, 9.17) is 4.74 Å². The van der Waals surface area contributed by atoms with Gasteiger partial charge in [0.25, 0.3) is 5.56 Å². The van der Waals surface area contributed by atoms with Crippen molar-refractivity contribution in [2.45, 2.75) is 39.3 Å². The number of rotatable bonds is 4. The van der Waals surface area contributed by atoms with Gasteiger partial charge >= 0.3 is 0 Å². The van der Waals surface area contributed by atoms with Gasteiger partial charge in [-0.15, -0.1) is 10.2 Å². The maximum atomic E-state index is 12.7. The molecule has 0 fully saturated rings. The zero-order valence-electron chi connectivity index (χ0n) is 15.2. The second-order valence-corrected chi connectivity index (χ2v) is 6.89. The topological polar surface area (TPSA) is 61.4 Å². The molecule has 4 aromatic rings. The van der Waals surface area contributed by atoms with Crippen molar-refractivity contribution in [2.24, 2.45) is 0 Å². The number of fused-ring (bicyclic) bond motifs is 4. The van der Waals surface area contributed by atoms with Crippen LogP contribution in [-0.2, 0) is 26.0 Å². The minimum atomic E-state index is -0.0425. The molecule has 1 aliphatic carbocycles. The lowest BCUT2D eigenvalue weighted by Crippen LogP contribution is -2.22. The molecule has 1 aliphatic rings. The summed E-state index contributed by atoms with van der Waals surface area (Å²) in [5.41, 5.74) is 3.57. The molecule has 0 bridgehead atoms. The van der Waals surface area contributed by atoms with Crippen LogP contribution in [0.3, 0.4) is 0 Å². The van der Waals surface area contributed by atoms with Gasteiger partial charge in [0.15, 0.2) is 5.82 Å². The van der Waals surface area contributed by atoms with Crippen molar-refractivity contribution in [1.82, 2.24) is 19.2 Å². The van der Waals surface area contributed by atoms with Crippen LogP contribution in [0.25, 0.3) is 16.7 Å². The normalized spacial score (nSPS) is 13.4. The van der Waals surface area contributed by atoms with Gasteiger partial charge in [-0.2, -0.15) is 0 Å². The van der Waals surface area contributed by atoms with Gasteiger partial charge in [-0.1, -0.05) is 18.2 Å². The first kappa shape index (κ1) is 16.1. The highest BCUT2D eigenvalue weighted by molar-refractivity contribution is 5.80. The molecule has 6 nitrogen and oxygen atoms in total. The minimum absolute atomic E-state index is 0.0425. The Balaban J connectivity index is 1.58. The smallest absolute Gasteiger partial charge is 0.262 e. The van der Waals surface area contributed by atoms with Gasteiger partial charge in [0.2, 0.25) is 5.78 Å². The number of benzene rings is 2. The van der Waals surface area contributed by atoms with Crippen LogP contribution in [0.4, 0.5) is 0 Å². The molecule has 0 saturated carbocycles. The number of aromatic nitrogens is 4. The van der Waals surface area contributed by atoms with E-state index in [1.807, 2.05) is 41.7 Å². The number of ether oxygens (including phenoxy) is 1. The third kappa shape index (κ3) is 2.51. The Labute approximate surface area is 156 Å². The van der Waals surface area contributed by atoms with Crippen LogP contribution in [0.1, 0.15) is 30.3 Å².